The van der Waals surface area contributed by atoms with E-state index in [1.807, 2.05) is 54.7 Å². The van der Waals surface area contributed by atoms with E-state index in [1.165, 1.54) is 0 Å². The summed E-state index contributed by atoms with van der Waals surface area (Å²) >= 11 is 0. The quantitative estimate of drug-likeness (QED) is 0.575. The van der Waals surface area contributed by atoms with Crippen molar-refractivity contribution in [2.75, 3.05) is 0 Å². The minimum absolute atomic E-state index is 0.628. The lowest BCUT2D eigenvalue weighted by atomic mass is 10.2. The molecule has 0 radical (unpaired) electrons. The van der Waals surface area contributed by atoms with Gasteiger partial charge in [-0.2, -0.15) is 0 Å². The van der Waals surface area contributed by atoms with Crippen molar-refractivity contribution in [1.29, 1.82) is 0 Å². The smallest absolute Gasteiger partial charge is 0.135 e. The highest BCUT2D eigenvalue weighted by atomic mass is 16.6. The summed E-state index contributed by atoms with van der Waals surface area (Å²) in [5, 5.41) is 16.0. The van der Waals surface area contributed by atoms with Gasteiger partial charge in [0.05, 0.1) is 12.7 Å². The van der Waals surface area contributed by atoms with Crippen LogP contribution in [0, 0.1) is 0 Å². The van der Waals surface area contributed by atoms with Gasteiger partial charge in [0.2, 0.25) is 0 Å². The zero-order valence-corrected chi connectivity index (χ0v) is 11.0. The summed E-state index contributed by atoms with van der Waals surface area (Å²) in [4.78, 5) is 0. The van der Waals surface area contributed by atoms with Crippen LogP contribution in [0.3, 0.4) is 0 Å². The Balaban J connectivity index is 1.61. The summed E-state index contributed by atoms with van der Waals surface area (Å²) < 4.78 is 6.50. The van der Waals surface area contributed by atoms with Crippen molar-refractivity contribution in [3.8, 4) is 11.3 Å². The van der Waals surface area contributed by atoms with Crippen LogP contribution >= 0.6 is 0 Å². The van der Waals surface area contributed by atoms with Crippen molar-refractivity contribution in [2.45, 2.75) is 6.54 Å². The van der Waals surface area contributed by atoms with E-state index in [4.69, 9.17) is 4.63 Å². The molecule has 0 fully saturated rings. The second kappa shape index (κ2) is 4.82. The Morgan fingerprint density at radius 1 is 0.952 bits per heavy atom. The Bertz CT molecular complexity index is 881. The normalized spacial score (nSPS) is 11.0. The van der Waals surface area contributed by atoms with Crippen LogP contribution in [-0.2, 0) is 6.54 Å². The van der Waals surface area contributed by atoms with E-state index in [9.17, 15) is 0 Å². The van der Waals surface area contributed by atoms with Gasteiger partial charge in [0, 0.05) is 5.56 Å². The number of rotatable bonds is 3. The molecule has 0 spiro atoms. The Morgan fingerprint density at radius 2 is 1.81 bits per heavy atom. The molecule has 4 aromatic rings. The number of aromatic nitrogens is 5. The Labute approximate surface area is 120 Å². The Morgan fingerprint density at radius 3 is 2.71 bits per heavy atom. The Kier molecular flexibility index (Phi) is 2.71. The van der Waals surface area contributed by atoms with Gasteiger partial charge in [-0.15, -0.1) is 5.10 Å². The summed E-state index contributed by atoms with van der Waals surface area (Å²) in [5.41, 5.74) is 4.49. The molecule has 0 unspecified atom stereocenters. The molecule has 2 aromatic heterocycles. The van der Waals surface area contributed by atoms with E-state index in [0.717, 1.165) is 27.9 Å². The van der Waals surface area contributed by atoms with E-state index in [0.29, 0.717) is 6.54 Å². The molecule has 6 nitrogen and oxygen atoms in total. The molecule has 4 rings (SSSR count). The van der Waals surface area contributed by atoms with Crippen LogP contribution < -0.4 is 0 Å². The SMILES string of the molecule is c1ccc(-c2cn(Cc3ccc4nonc4c3)nn2)cc1. The molecular formula is C15H11N5O. The summed E-state index contributed by atoms with van der Waals surface area (Å²) in [6.07, 6.45) is 1.93. The molecular weight excluding hydrogens is 266 g/mol. The third-order valence-electron chi connectivity index (χ3n) is 3.27. The fourth-order valence-electron chi connectivity index (χ4n) is 2.23. The average molecular weight is 277 g/mol. The molecule has 0 saturated carbocycles. The molecule has 0 amide bonds. The predicted molar refractivity (Wildman–Crippen MR) is 76.4 cm³/mol. The predicted octanol–water partition coefficient (Wildman–Crippen LogP) is 2.53. The highest BCUT2D eigenvalue weighted by Crippen LogP contribution is 2.16. The summed E-state index contributed by atoms with van der Waals surface area (Å²) in [5.74, 6) is 0. The van der Waals surface area contributed by atoms with E-state index < -0.39 is 0 Å². The number of nitrogens with zero attached hydrogens (tertiary/aromatic N) is 5. The topological polar surface area (TPSA) is 69.6 Å². The molecule has 2 heterocycles. The van der Waals surface area contributed by atoms with Gasteiger partial charge in [0.15, 0.2) is 0 Å². The molecule has 2 aromatic carbocycles. The van der Waals surface area contributed by atoms with Gasteiger partial charge in [0.1, 0.15) is 16.7 Å². The van der Waals surface area contributed by atoms with Crippen LogP contribution in [-0.4, -0.2) is 25.3 Å². The first-order valence-electron chi connectivity index (χ1n) is 6.55. The first-order valence-corrected chi connectivity index (χ1v) is 6.55. The van der Waals surface area contributed by atoms with E-state index in [1.54, 1.807) is 4.68 Å². The van der Waals surface area contributed by atoms with Crippen molar-refractivity contribution in [1.82, 2.24) is 25.3 Å². The minimum Gasteiger partial charge on any atom is -0.247 e. The summed E-state index contributed by atoms with van der Waals surface area (Å²) in [6, 6.07) is 15.8. The maximum absolute atomic E-state index is 4.70. The van der Waals surface area contributed by atoms with Crippen molar-refractivity contribution in [3.05, 3.63) is 60.3 Å². The fraction of sp³-hybridized carbons (Fsp3) is 0.0667. The summed E-state index contributed by atoms with van der Waals surface area (Å²) in [6.45, 7) is 0.628. The standard InChI is InChI=1S/C15H11N5O/c1-2-4-12(5-3-1)15-10-20(19-16-15)9-11-6-7-13-14(8-11)18-21-17-13/h1-8,10H,9H2. The third-order valence-corrected chi connectivity index (χ3v) is 3.27. The molecule has 21 heavy (non-hydrogen) atoms. The van der Waals surface area contributed by atoms with Crippen molar-refractivity contribution in [3.63, 3.8) is 0 Å². The number of benzene rings is 2. The van der Waals surface area contributed by atoms with Crippen molar-refractivity contribution in [2.24, 2.45) is 0 Å². The molecule has 0 bridgehead atoms. The third kappa shape index (κ3) is 2.27. The zero-order chi connectivity index (χ0) is 14.1. The van der Waals surface area contributed by atoms with E-state index in [-0.39, 0.29) is 0 Å². The van der Waals surface area contributed by atoms with Gasteiger partial charge >= 0.3 is 0 Å². The second-order valence-electron chi connectivity index (χ2n) is 4.75. The molecule has 102 valence electrons. The molecule has 0 atom stereocenters. The van der Waals surface area contributed by atoms with E-state index in [2.05, 4.69) is 20.6 Å². The van der Waals surface area contributed by atoms with Gasteiger partial charge in [-0.25, -0.2) is 9.31 Å². The van der Waals surface area contributed by atoms with Crippen LogP contribution in [0.25, 0.3) is 22.3 Å². The van der Waals surface area contributed by atoms with Crippen molar-refractivity contribution >= 4 is 11.0 Å². The molecule has 0 aliphatic carbocycles. The number of hydrogen-bond donors (Lipinski definition) is 0. The van der Waals surface area contributed by atoms with Crippen molar-refractivity contribution < 1.29 is 4.63 Å². The first kappa shape index (κ1) is 11.8. The molecule has 6 heteroatoms. The molecule has 0 aliphatic heterocycles. The molecule has 0 saturated heterocycles. The fourth-order valence-corrected chi connectivity index (χ4v) is 2.23. The lowest BCUT2D eigenvalue weighted by molar-refractivity contribution is 0.315. The Hall–Kier alpha value is -3.02. The second-order valence-corrected chi connectivity index (χ2v) is 4.75. The lowest BCUT2D eigenvalue weighted by Gasteiger charge is -1.99. The van der Waals surface area contributed by atoms with Gasteiger partial charge in [0.25, 0.3) is 0 Å². The average Bonchev–Trinajstić information content (AvgIpc) is 3.17. The van der Waals surface area contributed by atoms with Crippen LogP contribution in [0.4, 0.5) is 0 Å². The maximum atomic E-state index is 4.70. The van der Waals surface area contributed by atoms with Gasteiger partial charge in [-0.05, 0) is 28.0 Å². The van der Waals surface area contributed by atoms with Crippen LogP contribution in [0.15, 0.2) is 59.4 Å². The minimum atomic E-state index is 0.628. The largest absolute Gasteiger partial charge is 0.247 e. The monoisotopic (exact) mass is 277 g/mol. The number of fused-ring (bicyclic) bond motifs is 1. The van der Waals surface area contributed by atoms with Gasteiger partial charge in [-0.1, -0.05) is 41.6 Å². The van der Waals surface area contributed by atoms with Gasteiger partial charge < -0.3 is 0 Å². The zero-order valence-electron chi connectivity index (χ0n) is 11.0. The van der Waals surface area contributed by atoms with Crippen LogP contribution in [0.1, 0.15) is 5.56 Å². The lowest BCUT2D eigenvalue weighted by Crippen LogP contribution is -2.00. The van der Waals surface area contributed by atoms with Crippen LogP contribution in [0.5, 0.6) is 0 Å². The molecule has 0 aliphatic rings. The summed E-state index contributed by atoms with van der Waals surface area (Å²) in [7, 11) is 0. The van der Waals surface area contributed by atoms with E-state index >= 15 is 0 Å². The highest BCUT2D eigenvalue weighted by molar-refractivity contribution is 5.73. The molecule has 0 N–H and O–H groups in total. The maximum Gasteiger partial charge on any atom is 0.135 e. The van der Waals surface area contributed by atoms with Crippen LogP contribution in [0.2, 0.25) is 0 Å². The van der Waals surface area contributed by atoms with Gasteiger partial charge in [-0.3, -0.25) is 0 Å². The first-order chi connectivity index (χ1) is 10.4. The highest BCUT2D eigenvalue weighted by Gasteiger charge is 2.06. The number of hydrogen-bond acceptors (Lipinski definition) is 5.